The molecule has 4 heteroatoms. The second-order valence-corrected chi connectivity index (χ2v) is 5.15. The van der Waals surface area contributed by atoms with E-state index in [1.165, 1.54) is 19.3 Å². The summed E-state index contributed by atoms with van der Waals surface area (Å²) in [5, 5.41) is 8.89. The summed E-state index contributed by atoms with van der Waals surface area (Å²) in [6.45, 7) is 2.14. The lowest BCUT2D eigenvalue weighted by Crippen LogP contribution is -2.39. The maximum atomic E-state index is 5.99. The Kier molecular flexibility index (Phi) is 3.67. The molecule has 1 unspecified atom stereocenters. The van der Waals surface area contributed by atoms with Gasteiger partial charge in [0.05, 0.1) is 5.69 Å². The van der Waals surface area contributed by atoms with Gasteiger partial charge in [0.2, 0.25) is 0 Å². The number of anilines is 1. The highest BCUT2D eigenvalue weighted by atomic mass is 35.5. The molecule has 0 amide bonds. The summed E-state index contributed by atoms with van der Waals surface area (Å²) in [6, 6.07) is 2.65. The van der Waals surface area contributed by atoms with Gasteiger partial charge in [-0.3, -0.25) is 0 Å². The van der Waals surface area contributed by atoms with Crippen molar-refractivity contribution in [3.05, 3.63) is 15.8 Å². The highest BCUT2D eigenvalue weighted by molar-refractivity contribution is 7.15. The normalized spacial score (nSPS) is 22.2. The van der Waals surface area contributed by atoms with Gasteiger partial charge in [0.1, 0.15) is 4.34 Å². The van der Waals surface area contributed by atoms with Crippen molar-refractivity contribution in [1.82, 2.24) is 5.32 Å². The lowest BCUT2D eigenvalue weighted by atomic mass is 10.1. The van der Waals surface area contributed by atoms with E-state index in [9.17, 15) is 0 Å². The van der Waals surface area contributed by atoms with E-state index in [1.54, 1.807) is 11.3 Å². The van der Waals surface area contributed by atoms with Crippen LogP contribution in [0.1, 0.15) is 19.3 Å². The highest BCUT2D eigenvalue weighted by Gasteiger charge is 2.12. The smallest absolute Gasteiger partial charge is 0.116 e. The Morgan fingerprint density at radius 1 is 1.57 bits per heavy atom. The van der Waals surface area contributed by atoms with Gasteiger partial charge in [-0.1, -0.05) is 18.0 Å². The van der Waals surface area contributed by atoms with Gasteiger partial charge in [-0.2, -0.15) is 0 Å². The van der Waals surface area contributed by atoms with Gasteiger partial charge in [0, 0.05) is 12.6 Å². The molecule has 2 nitrogen and oxygen atoms in total. The first-order valence-corrected chi connectivity index (χ1v) is 6.32. The fourth-order valence-corrected chi connectivity index (χ4v) is 2.63. The monoisotopic (exact) mass is 230 g/mol. The molecule has 1 aliphatic rings. The number of nitrogens with one attached hydrogen (secondary N) is 2. The maximum Gasteiger partial charge on any atom is 0.116 e. The molecular weight excluding hydrogens is 216 g/mol. The minimum Gasteiger partial charge on any atom is -0.382 e. The Hall–Kier alpha value is -0.250. The van der Waals surface area contributed by atoms with Crippen LogP contribution in [0.15, 0.2) is 11.4 Å². The van der Waals surface area contributed by atoms with Crippen molar-refractivity contribution >= 4 is 28.6 Å². The van der Waals surface area contributed by atoms with Gasteiger partial charge < -0.3 is 10.6 Å². The topological polar surface area (TPSA) is 24.1 Å². The predicted molar refractivity (Wildman–Crippen MR) is 63.5 cm³/mol. The van der Waals surface area contributed by atoms with Crippen LogP contribution >= 0.6 is 22.9 Å². The quantitative estimate of drug-likeness (QED) is 0.835. The lowest BCUT2D eigenvalue weighted by molar-refractivity contribution is 0.414. The van der Waals surface area contributed by atoms with Crippen LogP contribution in [0.2, 0.25) is 4.34 Å². The lowest BCUT2D eigenvalue weighted by Gasteiger charge is -2.23. The number of hydrogen-bond acceptors (Lipinski definition) is 3. The van der Waals surface area contributed by atoms with Gasteiger partial charge in [-0.05, 0) is 30.8 Å². The number of rotatable bonds is 3. The van der Waals surface area contributed by atoms with Crippen LogP contribution in [0.5, 0.6) is 0 Å². The minimum absolute atomic E-state index is 0.611. The number of piperidine rings is 1. The van der Waals surface area contributed by atoms with Gasteiger partial charge in [-0.25, -0.2) is 0 Å². The zero-order valence-corrected chi connectivity index (χ0v) is 9.63. The van der Waals surface area contributed by atoms with Crippen molar-refractivity contribution in [1.29, 1.82) is 0 Å². The van der Waals surface area contributed by atoms with Crippen molar-refractivity contribution in [2.75, 3.05) is 18.4 Å². The van der Waals surface area contributed by atoms with E-state index in [0.29, 0.717) is 6.04 Å². The van der Waals surface area contributed by atoms with E-state index in [4.69, 9.17) is 11.6 Å². The van der Waals surface area contributed by atoms with Crippen LogP contribution in [0.4, 0.5) is 5.69 Å². The standard InChI is InChI=1S/C10H15ClN2S/c11-10-9(4-6-14-10)13-7-8-3-1-2-5-12-8/h4,6,8,12-13H,1-3,5,7H2. The van der Waals surface area contributed by atoms with Crippen LogP contribution in [0.3, 0.4) is 0 Å². The van der Waals surface area contributed by atoms with Crippen molar-refractivity contribution in [2.24, 2.45) is 0 Å². The van der Waals surface area contributed by atoms with Gasteiger partial charge >= 0.3 is 0 Å². The molecular formula is C10H15ClN2S. The van der Waals surface area contributed by atoms with E-state index in [-0.39, 0.29) is 0 Å². The molecule has 1 aromatic rings. The average Bonchev–Trinajstić information content (AvgIpc) is 2.63. The third kappa shape index (κ3) is 2.62. The summed E-state index contributed by atoms with van der Waals surface area (Å²) < 4.78 is 0.862. The molecule has 2 heterocycles. The van der Waals surface area contributed by atoms with Crippen LogP contribution in [-0.4, -0.2) is 19.1 Å². The van der Waals surface area contributed by atoms with Gasteiger partial charge in [0.25, 0.3) is 0 Å². The number of hydrogen-bond donors (Lipinski definition) is 2. The van der Waals surface area contributed by atoms with Gasteiger partial charge in [-0.15, -0.1) is 11.3 Å². The maximum absolute atomic E-state index is 5.99. The summed E-state index contributed by atoms with van der Waals surface area (Å²) in [5.41, 5.74) is 1.07. The molecule has 0 aliphatic carbocycles. The third-order valence-corrected chi connectivity index (χ3v) is 3.74. The Labute approximate surface area is 93.7 Å². The van der Waals surface area contributed by atoms with Crippen molar-refractivity contribution in [3.63, 3.8) is 0 Å². The minimum atomic E-state index is 0.611. The molecule has 1 saturated heterocycles. The molecule has 2 rings (SSSR count). The fraction of sp³-hybridized carbons (Fsp3) is 0.600. The van der Waals surface area contributed by atoms with E-state index >= 15 is 0 Å². The van der Waals surface area contributed by atoms with Crippen LogP contribution < -0.4 is 10.6 Å². The Bertz CT molecular complexity index is 281. The van der Waals surface area contributed by atoms with E-state index in [2.05, 4.69) is 10.6 Å². The van der Waals surface area contributed by atoms with Gasteiger partial charge in [0.15, 0.2) is 0 Å². The first-order valence-electron chi connectivity index (χ1n) is 5.06. The Morgan fingerprint density at radius 2 is 2.50 bits per heavy atom. The zero-order chi connectivity index (χ0) is 9.80. The van der Waals surface area contributed by atoms with E-state index in [0.717, 1.165) is 23.1 Å². The molecule has 2 N–H and O–H groups in total. The third-order valence-electron chi connectivity index (χ3n) is 2.57. The second-order valence-electron chi connectivity index (χ2n) is 3.64. The Balaban J connectivity index is 1.79. The van der Waals surface area contributed by atoms with E-state index in [1.807, 2.05) is 11.4 Å². The first-order chi connectivity index (χ1) is 6.86. The molecule has 0 bridgehead atoms. The van der Waals surface area contributed by atoms with Crippen molar-refractivity contribution < 1.29 is 0 Å². The molecule has 1 atom stereocenters. The molecule has 1 aliphatic heterocycles. The average molecular weight is 231 g/mol. The van der Waals surface area contributed by atoms with Crippen LogP contribution in [0, 0.1) is 0 Å². The SMILES string of the molecule is Clc1sccc1NCC1CCCCN1. The molecule has 78 valence electrons. The second kappa shape index (κ2) is 5.01. The van der Waals surface area contributed by atoms with Crippen LogP contribution in [0.25, 0.3) is 0 Å². The van der Waals surface area contributed by atoms with Crippen molar-refractivity contribution in [3.8, 4) is 0 Å². The molecule has 0 radical (unpaired) electrons. The summed E-state index contributed by atoms with van der Waals surface area (Å²) in [4.78, 5) is 0. The summed E-state index contributed by atoms with van der Waals surface area (Å²) in [6.07, 6.45) is 3.93. The summed E-state index contributed by atoms with van der Waals surface area (Å²) in [5.74, 6) is 0. The molecule has 14 heavy (non-hydrogen) atoms. The Morgan fingerprint density at radius 3 is 3.14 bits per heavy atom. The highest BCUT2D eigenvalue weighted by Crippen LogP contribution is 2.27. The summed E-state index contributed by atoms with van der Waals surface area (Å²) in [7, 11) is 0. The zero-order valence-electron chi connectivity index (χ0n) is 8.05. The number of thiophene rings is 1. The fourth-order valence-electron chi connectivity index (χ4n) is 1.75. The van der Waals surface area contributed by atoms with Crippen LogP contribution in [-0.2, 0) is 0 Å². The molecule has 1 aromatic heterocycles. The van der Waals surface area contributed by atoms with E-state index < -0.39 is 0 Å². The summed E-state index contributed by atoms with van der Waals surface area (Å²) >= 11 is 7.57. The largest absolute Gasteiger partial charge is 0.382 e. The molecule has 0 spiro atoms. The predicted octanol–water partition coefficient (Wildman–Crippen LogP) is 2.96. The number of halogens is 1. The first kappa shape index (κ1) is 10.3. The van der Waals surface area contributed by atoms with Crippen molar-refractivity contribution in [2.45, 2.75) is 25.3 Å². The molecule has 1 fully saturated rings. The molecule has 0 aromatic carbocycles. The molecule has 0 saturated carbocycles.